The predicted molar refractivity (Wildman–Crippen MR) is 50.9 cm³/mol. The first-order valence-electron chi connectivity index (χ1n) is 3.88. The van der Waals surface area contributed by atoms with Gasteiger partial charge in [-0.1, -0.05) is 0 Å². The van der Waals surface area contributed by atoms with E-state index in [0.717, 1.165) is 0 Å². The van der Waals surface area contributed by atoms with Crippen molar-refractivity contribution < 1.29 is 16.3 Å². The maximum absolute atomic E-state index is 2.28. The molecule has 0 aromatic carbocycles. The van der Waals surface area contributed by atoms with Crippen molar-refractivity contribution in [3.8, 4) is 0 Å². The van der Waals surface area contributed by atoms with E-state index in [-0.39, 0.29) is 12.4 Å². The van der Waals surface area contributed by atoms with E-state index in [4.69, 9.17) is 0 Å². The van der Waals surface area contributed by atoms with Crippen LogP contribution in [-0.4, -0.2) is 0 Å². The number of rotatable bonds is 2. The van der Waals surface area contributed by atoms with E-state index in [0.29, 0.717) is 16.3 Å². The van der Waals surface area contributed by atoms with Gasteiger partial charge < -0.3 is 0 Å². The molecule has 63 valence electrons. The molecule has 2 aliphatic rings. The van der Waals surface area contributed by atoms with Gasteiger partial charge in [-0.2, -0.15) is 0 Å². The van der Waals surface area contributed by atoms with Crippen LogP contribution in [0.15, 0.2) is 45.0 Å². The van der Waals surface area contributed by atoms with Gasteiger partial charge in [0.05, 0.1) is 0 Å². The molecule has 0 fully saturated rings. The van der Waals surface area contributed by atoms with Crippen molar-refractivity contribution in [1.29, 1.82) is 0 Å². The Labute approximate surface area is 86.6 Å². The summed E-state index contributed by atoms with van der Waals surface area (Å²) in [6.45, 7) is 0. The summed E-state index contributed by atoms with van der Waals surface area (Å²) in [7, 11) is 0. The van der Waals surface area contributed by atoms with Crippen LogP contribution >= 0.6 is 12.4 Å². The van der Waals surface area contributed by atoms with Crippen LogP contribution in [0.25, 0.3) is 0 Å². The number of hydrogen-bond acceptors (Lipinski definition) is 0. The normalized spacial score (nSPS) is 18.7. The molecule has 0 saturated heterocycles. The fourth-order valence-corrected chi connectivity index (χ4v) is 2.91. The number of halogens is 1. The topological polar surface area (TPSA) is 0 Å². The molecule has 0 saturated carbocycles. The van der Waals surface area contributed by atoms with Crippen LogP contribution in [0.2, 0.25) is 0 Å². The van der Waals surface area contributed by atoms with Gasteiger partial charge >= 0.3 is 74.2 Å². The first kappa shape index (κ1) is 9.92. The van der Waals surface area contributed by atoms with E-state index in [2.05, 4.69) is 36.5 Å². The van der Waals surface area contributed by atoms with Gasteiger partial charge in [0.1, 0.15) is 0 Å². The minimum absolute atomic E-state index is 0. The zero-order chi connectivity index (χ0) is 7.52. The van der Waals surface area contributed by atoms with E-state index in [1.54, 1.807) is 8.57 Å². The molecule has 0 aromatic rings. The van der Waals surface area contributed by atoms with E-state index in [1.807, 2.05) is 0 Å². The summed E-state index contributed by atoms with van der Waals surface area (Å²) in [6, 6.07) is 0. The minimum Gasteiger partial charge on any atom is -0.147 e. The van der Waals surface area contributed by atoms with Crippen LogP contribution < -0.4 is 0 Å². The summed E-state index contributed by atoms with van der Waals surface area (Å²) in [6.07, 6.45) is 15.8. The second-order valence-electron chi connectivity index (χ2n) is 2.69. The first-order valence-corrected chi connectivity index (χ1v) is 5.28. The molecule has 0 nitrogen and oxygen atoms in total. The van der Waals surface area contributed by atoms with E-state index in [1.165, 1.54) is 12.8 Å². The monoisotopic (exact) mass is 217 g/mol. The first-order chi connectivity index (χ1) is 5.45. The van der Waals surface area contributed by atoms with Crippen LogP contribution in [0, 0.1) is 0 Å². The third-order valence-corrected chi connectivity index (χ3v) is 3.72. The van der Waals surface area contributed by atoms with Crippen LogP contribution in [0.3, 0.4) is 0 Å². The Morgan fingerprint density at radius 2 is 1.42 bits per heavy atom. The molecule has 0 aliphatic heterocycles. The summed E-state index contributed by atoms with van der Waals surface area (Å²) in [5, 5.41) is 0. The van der Waals surface area contributed by atoms with Crippen molar-refractivity contribution >= 4 is 12.4 Å². The van der Waals surface area contributed by atoms with Gasteiger partial charge in [-0.15, -0.1) is 12.4 Å². The quantitative estimate of drug-likeness (QED) is 0.667. The largest absolute Gasteiger partial charge is 0.147 e. The van der Waals surface area contributed by atoms with Gasteiger partial charge in [-0.3, -0.25) is 0 Å². The summed E-state index contributed by atoms with van der Waals surface area (Å²) >= 11 is 0.358. The van der Waals surface area contributed by atoms with Gasteiger partial charge in [0, 0.05) is 0 Å². The van der Waals surface area contributed by atoms with E-state index >= 15 is 0 Å². The average molecular weight is 218 g/mol. The molecule has 2 heteroatoms. The SMILES string of the molecule is C1=CC[C]([V][C]2=CC=CC2)=C1.Cl. The molecule has 0 bridgehead atoms. The molecule has 2 aliphatic carbocycles. The molecule has 0 spiro atoms. The Hall–Kier alpha value is -0.166. The van der Waals surface area contributed by atoms with E-state index in [9.17, 15) is 0 Å². The van der Waals surface area contributed by atoms with Gasteiger partial charge in [-0.05, 0) is 0 Å². The Morgan fingerprint density at radius 3 is 1.75 bits per heavy atom. The second kappa shape index (κ2) is 4.76. The Balaban J connectivity index is 0.000000720. The van der Waals surface area contributed by atoms with Crippen LogP contribution in [0.5, 0.6) is 0 Å². The fraction of sp³-hybridized carbons (Fsp3) is 0.200. The standard InChI is InChI=1S/2C5H5.ClH.V/c2*1-2-4-5-3-1;;/h2*1-3H,4H2;1H;. The Kier molecular flexibility index (Phi) is 3.94. The van der Waals surface area contributed by atoms with Crippen molar-refractivity contribution in [3.63, 3.8) is 0 Å². The molecule has 0 unspecified atom stereocenters. The fourth-order valence-electron chi connectivity index (χ4n) is 1.22. The molecular weight excluding hydrogens is 207 g/mol. The van der Waals surface area contributed by atoms with Crippen molar-refractivity contribution in [2.45, 2.75) is 12.8 Å². The van der Waals surface area contributed by atoms with Crippen molar-refractivity contribution in [1.82, 2.24) is 0 Å². The van der Waals surface area contributed by atoms with Crippen LogP contribution in [0.1, 0.15) is 12.8 Å². The van der Waals surface area contributed by atoms with Gasteiger partial charge in [0.15, 0.2) is 0 Å². The maximum atomic E-state index is 2.28. The Bertz CT molecular complexity index is 244. The molecule has 2 rings (SSSR count). The second-order valence-corrected chi connectivity index (χ2v) is 4.84. The summed E-state index contributed by atoms with van der Waals surface area (Å²) < 4.78 is 3.30. The Morgan fingerprint density at radius 1 is 0.917 bits per heavy atom. The van der Waals surface area contributed by atoms with Gasteiger partial charge in [0.2, 0.25) is 0 Å². The smallest absolute Gasteiger partial charge is 0.147 e. The van der Waals surface area contributed by atoms with Crippen molar-refractivity contribution in [3.05, 3.63) is 45.0 Å². The maximum Gasteiger partial charge on any atom is -0.147 e. The molecular formula is C10H11ClV. The minimum atomic E-state index is 0. The van der Waals surface area contributed by atoms with Crippen molar-refractivity contribution in [2.24, 2.45) is 0 Å². The zero-order valence-electron chi connectivity index (χ0n) is 6.73. The summed E-state index contributed by atoms with van der Waals surface area (Å²) in [5.41, 5.74) is 0. The molecule has 12 heavy (non-hydrogen) atoms. The summed E-state index contributed by atoms with van der Waals surface area (Å²) in [4.78, 5) is 0. The number of hydrogen-bond donors (Lipinski definition) is 0. The number of allylic oxidation sites excluding steroid dienone is 8. The molecule has 0 amide bonds. The predicted octanol–water partition coefficient (Wildman–Crippen LogP) is 3.18. The van der Waals surface area contributed by atoms with Gasteiger partial charge in [0.25, 0.3) is 0 Å². The van der Waals surface area contributed by atoms with Crippen molar-refractivity contribution in [2.75, 3.05) is 0 Å². The summed E-state index contributed by atoms with van der Waals surface area (Å²) in [5.74, 6) is 0. The molecule has 0 atom stereocenters. The van der Waals surface area contributed by atoms with Crippen LogP contribution in [-0.2, 0) is 16.3 Å². The molecule has 0 heterocycles. The molecule has 0 radical (unpaired) electrons. The van der Waals surface area contributed by atoms with Gasteiger partial charge in [-0.25, -0.2) is 0 Å². The molecule has 0 N–H and O–H groups in total. The zero-order valence-corrected chi connectivity index (χ0v) is 8.95. The van der Waals surface area contributed by atoms with E-state index < -0.39 is 0 Å². The van der Waals surface area contributed by atoms with Crippen LogP contribution in [0.4, 0.5) is 0 Å². The average Bonchev–Trinajstić information content (AvgIpc) is 2.60. The third kappa shape index (κ3) is 2.41. The molecule has 0 aromatic heterocycles. The third-order valence-electron chi connectivity index (χ3n) is 1.79.